The molecule has 1 amide bonds. The minimum atomic E-state index is -0.219. The Morgan fingerprint density at radius 2 is 1.96 bits per heavy atom. The van der Waals surface area contributed by atoms with E-state index in [4.69, 9.17) is 0 Å². The van der Waals surface area contributed by atoms with Crippen molar-refractivity contribution in [3.63, 3.8) is 0 Å². The number of amides is 1. The van der Waals surface area contributed by atoms with Crippen LogP contribution in [0.4, 0.5) is 4.39 Å². The number of hydrogen-bond donors (Lipinski definition) is 1. The molecule has 1 N–H and O–H groups in total. The topological polar surface area (TPSA) is 56.4 Å². The molecule has 1 aromatic heterocycles. The molecule has 1 atom stereocenters. The summed E-state index contributed by atoms with van der Waals surface area (Å²) < 4.78 is 13.1. The van der Waals surface area contributed by atoms with Gasteiger partial charge >= 0.3 is 0 Å². The molecule has 1 spiro atoms. The maximum absolute atomic E-state index is 13.1. The van der Waals surface area contributed by atoms with Gasteiger partial charge < -0.3 is 9.88 Å². The zero-order valence-electron chi connectivity index (χ0n) is 16.2. The number of rotatable bonds is 3. The second-order valence-corrected chi connectivity index (χ2v) is 8.31. The van der Waals surface area contributed by atoms with Crippen molar-refractivity contribution in [2.24, 2.45) is 5.41 Å². The van der Waals surface area contributed by atoms with Crippen molar-refractivity contribution in [2.45, 2.75) is 32.7 Å². The number of likely N-dealkylation sites (tertiary alicyclic amines) is 2. The van der Waals surface area contributed by atoms with Gasteiger partial charge in [-0.3, -0.25) is 14.5 Å². The largest absolute Gasteiger partial charge is 0.364 e. The number of carbonyl (C=O) groups is 1. The van der Waals surface area contributed by atoms with Gasteiger partial charge in [0.1, 0.15) is 11.4 Å². The highest BCUT2D eigenvalue weighted by molar-refractivity contribution is 5.94. The van der Waals surface area contributed by atoms with Gasteiger partial charge in [0.15, 0.2) is 5.43 Å². The molecule has 5 nitrogen and oxygen atoms in total. The molecule has 0 saturated carbocycles. The molecule has 2 aliphatic rings. The molecule has 2 saturated heterocycles. The standard InChI is InChI=1S/C22H26FN3O2/c1-16-11-20(27)19(12-24-16)21(28)26-10-8-22(15-26)7-2-9-25(14-22)13-17-3-5-18(23)6-4-17/h3-6,11-12H,2,7-10,13-15H2,1H3,(H,24,27). The lowest BCUT2D eigenvalue weighted by Crippen LogP contribution is -2.45. The first kappa shape index (κ1) is 18.9. The Balaban J connectivity index is 1.43. The van der Waals surface area contributed by atoms with Crippen LogP contribution in [0.2, 0.25) is 0 Å². The van der Waals surface area contributed by atoms with Crippen LogP contribution in [-0.2, 0) is 6.54 Å². The molecule has 2 aliphatic heterocycles. The van der Waals surface area contributed by atoms with Gasteiger partial charge in [-0.1, -0.05) is 12.1 Å². The van der Waals surface area contributed by atoms with E-state index >= 15 is 0 Å². The van der Waals surface area contributed by atoms with E-state index in [1.165, 1.54) is 24.4 Å². The SMILES string of the molecule is Cc1cc(=O)c(C(=O)N2CCC3(CCCN(Cc4ccc(F)cc4)C3)C2)c[nH]1. The minimum Gasteiger partial charge on any atom is -0.364 e. The summed E-state index contributed by atoms with van der Waals surface area (Å²) in [5.74, 6) is -0.385. The number of H-pyrrole nitrogens is 1. The van der Waals surface area contributed by atoms with Crippen LogP contribution in [0.25, 0.3) is 0 Å². The Labute approximate surface area is 164 Å². The van der Waals surface area contributed by atoms with Crippen molar-refractivity contribution in [1.29, 1.82) is 0 Å². The number of aryl methyl sites for hydroxylation is 1. The Bertz CT molecular complexity index is 924. The first-order valence-electron chi connectivity index (χ1n) is 9.90. The number of piperidine rings is 1. The number of halogens is 1. The van der Waals surface area contributed by atoms with E-state index in [1.807, 2.05) is 17.0 Å². The van der Waals surface area contributed by atoms with Gasteiger partial charge in [-0.15, -0.1) is 0 Å². The average molecular weight is 383 g/mol. The van der Waals surface area contributed by atoms with Crippen molar-refractivity contribution in [3.8, 4) is 0 Å². The van der Waals surface area contributed by atoms with Crippen molar-refractivity contribution >= 4 is 5.91 Å². The number of nitrogens with zero attached hydrogens (tertiary/aromatic N) is 2. The Morgan fingerprint density at radius 3 is 2.71 bits per heavy atom. The first-order valence-corrected chi connectivity index (χ1v) is 9.90. The highest BCUT2D eigenvalue weighted by Gasteiger charge is 2.43. The van der Waals surface area contributed by atoms with Crippen LogP contribution in [0.15, 0.2) is 41.3 Å². The van der Waals surface area contributed by atoms with E-state index in [0.29, 0.717) is 13.1 Å². The van der Waals surface area contributed by atoms with Gasteiger partial charge in [0.2, 0.25) is 0 Å². The predicted octanol–water partition coefficient (Wildman–Crippen LogP) is 2.95. The summed E-state index contributed by atoms with van der Waals surface area (Å²) in [5.41, 5.74) is 1.95. The van der Waals surface area contributed by atoms with E-state index in [9.17, 15) is 14.0 Å². The van der Waals surface area contributed by atoms with Crippen LogP contribution in [-0.4, -0.2) is 46.9 Å². The number of pyridine rings is 1. The second-order valence-electron chi connectivity index (χ2n) is 8.31. The lowest BCUT2D eigenvalue weighted by Gasteiger charge is -2.40. The van der Waals surface area contributed by atoms with Crippen molar-refractivity contribution in [1.82, 2.24) is 14.8 Å². The second kappa shape index (κ2) is 7.51. The van der Waals surface area contributed by atoms with Gasteiger partial charge in [0, 0.05) is 49.6 Å². The smallest absolute Gasteiger partial charge is 0.259 e. The Morgan fingerprint density at radius 1 is 1.18 bits per heavy atom. The maximum atomic E-state index is 13.1. The van der Waals surface area contributed by atoms with Crippen molar-refractivity contribution < 1.29 is 9.18 Å². The van der Waals surface area contributed by atoms with E-state index in [2.05, 4.69) is 9.88 Å². The van der Waals surface area contributed by atoms with Crippen molar-refractivity contribution in [3.05, 3.63) is 69.4 Å². The summed E-state index contributed by atoms with van der Waals surface area (Å²) in [4.78, 5) is 32.3. The van der Waals surface area contributed by atoms with Crippen LogP contribution >= 0.6 is 0 Å². The summed E-state index contributed by atoms with van der Waals surface area (Å²) in [5, 5.41) is 0. The monoisotopic (exact) mass is 383 g/mol. The van der Waals surface area contributed by atoms with Gasteiger partial charge in [0.25, 0.3) is 5.91 Å². The summed E-state index contributed by atoms with van der Waals surface area (Å²) >= 11 is 0. The molecule has 3 heterocycles. The third kappa shape index (κ3) is 3.87. The van der Waals surface area contributed by atoms with Gasteiger partial charge in [0.05, 0.1) is 0 Å². The summed E-state index contributed by atoms with van der Waals surface area (Å²) in [7, 11) is 0. The van der Waals surface area contributed by atoms with Gasteiger partial charge in [-0.2, -0.15) is 0 Å². The van der Waals surface area contributed by atoms with Crippen LogP contribution in [0.5, 0.6) is 0 Å². The number of hydrogen-bond acceptors (Lipinski definition) is 3. The molecule has 0 radical (unpaired) electrons. The molecule has 0 bridgehead atoms. The summed E-state index contributed by atoms with van der Waals surface area (Å²) in [6, 6.07) is 8.16. The minimum absolute atomic E-state index is 0.0887. The number of aromatic nitrogens is 1. The fourth-order valence-corrected chi connectivity index (χ4v) is 4.65. The third-order valence-corrected chi connectivity index (χ3v) is 6.07. The normalized spacial score (nSPS) is 22.7. The molecule has 1 aromatic carbocycles. The van der Waals surface area contributed by atoms with Crippen molar-refractivity contribution in [2.75, 3.05) is 26.2 Å². The summed E-state index contributed by atoms with van der Waals surface area (Å²) in [6.07, 6.45) is 4.68. The fourth-order valence-electron chi connectivity index (χ4n) is 4.65. The molecule has 28 heavy (non-hydrogen) atoms. The number of nitrogens with one attached hydrogen (secondary N) is 1. The maximum Gasteiger partial charge on any atom is 0.259 e. The highest BCUT2D eigenvalue weighted by Crippen LogP contribution is 2.39. The molecule has 148 valence electrons. The van der Waals surface area contributed by atoms with Crippen LogP contribution < -0.4 is 5.43 Å². The molecule has 2 fully saturated rings. The lowest BCUT2D eigenvalue weighted by atomic mass is 9.79. The molecule has 0 aliphatic carbocycles. The predicted molar refractivity (Wildman–Crippen MR) is 106 cm³/mol. The fraction of sp³-hybridized carbons (Fsp3) is 0.455. The molecule has 1 unspecified atom stereocenters. The van der Waals surface area contributed by atoms with Crippen LogP contribution in [0.3, 0.4) is 0 Å². The molecular weight excluding hydrogens is 357 g/mol. The Hall–Kier alpha value is -2.47. The zero-order valence-corrected chi connectivity index (χ0v) is 16.2. The summed E-state index contributed by atoms with van der Waals surface area (Å²) in [6.45, 7) is 5.94. The molecule has 4 rings (SSSR count). The Kier molecular flexibility index (Phi) is 5.06. The third-order valence-electron chi connectivity index (χ3n) is 6.07. The molecular formula is C22H26FN3O2. The molecule has 2 aromatic rings. The highest BCUT2D eigenvalue weighted by atomic mass is 19.1. The lowest BCUT2D eigenvalue weighted by molar-refractivity contribution is 0.0674. The van der Waals surface area contributed by atoms with Crippen LogP contribution in [0, 0.1) is 18.2 Å². The number of aromatic amines is 1. The van der Waals surface area contributed by atoms with Crippen LogP contribution in [0.1, 0.15) is 40.9 Å². The van der Waals surface area contributed by atoms with E-state index < -0.39 is 0 Å². The first-order chi connectivity index (χ1) is 13.4. The zero-order chi connectivity index (χ0) is 19.7. The van der Waals surface area contributed by atoms with Gasteiger partial charge in [-0.05, 0) is 50.4 Å². The van der Waals surface area contributed by atoms with E-state index in [1.54, 1.807) is 6.92 Å². The molecule has 6 heteroatoms. The van der Waals surface area contributed by atoms with E-state index in [-0.39, 0.29) is 28.1 Å². The van der Waals surface area contributed by atoms with E-state index in [0.717, 1.165) is 50.2 Å². The average Bonchev–Trinajstić information content (AvgIpc) is 3.06. The number of benzene rings is 1. The quantitative estimate of drug-likeness (QED) is 0.887. The number of carbonyl (C=O) groups excluding carboxylic acids is 1. The van der Waals surface area contributed by atoms with Gasteiger partial charge in [-0.25, -0.2) is 4.39 Å².